The minimum absolute atomic E-state index is 1.04. The van der Waals surface area contributed by atoms with Crippen LogP contribution in [0.25, 0.3) is 70.5 Å². The summed E-state index contributed by atoms with van der Waals surface area (Å²) in [6, 6.07) is 52.1. The average molecular weight is 529 g/mol. The normalized spacial score (nSPS) is 11.5. The molecule has 3 heteroatoms. The van der Waals surface area contributed by atoms with Crippen molar-refractivity contribution in [2.75, 3.05) is 0 Å². The fraction of sp³-hybridized carbons (Fsp3) is 0. The molecule has 2 heterocycles. The van der Waals surface area contributed by atoms with Crippen LogP contribution in [-0.4, -0.2) is 9.55 Å². The molecule has 0 atom stereocenters. The molecular weight excluding hydrogens is 504 g/mol. The van der Waals surface area contributed by atoms with Crippen LogP contribution in [0, 0.1) is 0 Å². The standard InChI is InChI=1S/C37H24N2S/c1-3-10-25(11-4-1)27-18-20-34-31(23-27)32-24-28(26-12-5-2-6-13-26)19-21-35(32)39(34)30-15-9-14-29(22-30)37-38-33-16-7-8-17-36(33)40-37/h1-24H. The van der Waals surface area contributed by atoms with Crippen LogP contribution in [0.1, 0.15) is 0 Å². The first-order chi connectivity index (χ1) is 19.8. The highest BCUT2D eigenvalue weighted by atomic mass is 32.1. The molecule has 40 heavy (non-hydrogen) atoms. The maximum atomic E-state index is 4.93. The number of hydrogen-bond acceptors (Lipinski definition) is 2. The topological polar surface area (TPSA) is 17.8 Å². The zero-order valence-corrected chi connectivity index (χ0v) is 22.5. The van der Waals surface area contributed by atoms with E-state index in [0.717, 1.165) is 21.8 Å². The van der Waals surface area contributed by atoms with Gasteiger partial charge in [0.1, 0.15) is 5.01 Å². The van der Waals surface area contributed by atoms with Crippen molar-refractivity contribution >= 4 is 43.4 Å². The molecule has 2 aromatic heterocycles. The van der Waals surface area contributed by atoms with Gasteiger partial charge in [-0.25, -0.2) is 4.98 Å². The maximum absolute atomic E-state index is 4.93. The van der Waals surface area contributed by atoms with E-state index in [1.807, 2.05) is 6.07 Å². The highest BCUT2D eigenvalue weighted by molar-refractivity contribution is 7.21. The summed E-state index contributed by atoms with van der Waals surface area (Å²) in [6.07, 6.45) is 0. The van der Waals surface area contributed by atoms with Gasteiger partial charge >= 0.3 is 0 Å². The lowest BCUT2D eigenvalue weighted by atomic mass is 10.0. The van der Waals surface area contributed by atoms with Crippen LogP contribution >= 0.6 is 11.3 Å². The molecule has 0 saturated heterocycles. The largest absolute Gasteiger partial charge is 0.309 e. The number of aromatic nitrogens is 2. The van der Waals surface area contributed by atoms with Gasteiger partial charge in [0.2, 0.25) is 0 Å². The van der Waals surface area contributed by atoms with Crippen LogP contribution in [0.4, 0.5) is 0 Å². The predicted molar refractivity (Wildman–Crippen MR) is 170 cm³/mol. The lowest BCUT2D eigenvalue weighted by Crippen LogP contribution is -1.94. The van der Waals surface area contributed by atoms with Gasteiger partial charge in [0.25, 0.3) is 0 Å². The monoisotopic (exact) mass is 528 g/mol. The van der Waals surface area contributed by atoms with E-state index in [-0.39, 0.29) is 0 Å². The molecule has 8 rings (SSSR count). The van der Waals surface area contributed by atoms with Crippen molar-refractivity contribution in [1.82, 2.24) is 9.55 Å². The zero-order valence-electron chi connectivity index (χ0n) is 21.7. The van der Waals surface area contributed by atoms with Crippen molar-refractivity contribution in [2.24, 2.45) is 0 Å². The molecule has 6 aromatic carbocycles. The Labute approximate surface area is 236 Å². The Morgan fingerprint density at radius 3 is 1.65 bits per heavy atom. The van der Waals surface area contributed by atoms with E-state index in [2.05, 4.69) is 144 Å². The summed E-state index contributed by atoms with van der Waals surface area (Å²) in [5.41, 5.74) is 10.6. The number of thiazole rings is 1. The number of fused-ring (bicyclic) bond motifs is 4. The number of hydrogen-bond donors (Lipinski definition) is 0. The van der Waals surface area contributed by atoms with E-state index in [1.54, 1.807) is 11.3 Å². The number of para-hydroxylation sites is 1. The molecule has 0 aliphatic heterocycles. The van der Waals surface area contributed by atoms with Crippen LogP contribution in [0.2, 0.25) is 0 Å². The highest BCUT2D eigenvalue weighted by Crippen LogP contribution is 2.38. The van der Waals surface area contributed by atoms with Gasteiger partial charge in [-0.3, -0.25) is 0 Å². The Hall–Kier alpha value is -4.99. The van der Waals surface area contributed by atoms with Crippen molar-refractivity contribution in [3.05, 3.63) is 146 Å². The van der Waals surface area contributed by atoms with Gasteiger partial charge in [-0.05, 0) is 70.8 Å². The molecule has 0 fully saturated rings. The lowest BCUT2D eigenvalue weighted by Gasteiger charge is -2.10. The van der Waals surface area contributed by atoms with Gasteiger partial charge in [0.15, 0.2) is 0 Å². The second kappa shape index (κ2) is 9.33. The maximum Gasteiger partial charge on any atom is 0.124 e. The first kappa shape index (κ1) is 22.9. The van der Waals surface area contributed by atoms with Gasteiger partial charge in [-0.15, -0.1) is 11.3 Å². The molecule has 0 saturated carbocycles. The molecule has 0 bridgehead atoms. The van der Waals surface area contributed by atoms with Gasteiger partial charge in [0, 0.05) is 22.0 Å². The first-order valence-electron chi connectivity index (χ1n) is 13.5. The predicted octanol–water partition coefficient (Wildman–Crippen LogP) is 10.4. The summed E-state index contributed by atoms with van der Waals surface area (Å²) in [6.45, 7) is 0. The van der Waals surface area contributed by atoms with E-state index in [9.17, 15) is 0 Å². The number of benzene rings is 6. The molecule has 0 radical (unpaired) electrons. The summed E-state index contributed by atoms with van der Waals surface area (Å²) >= 11 is 1.74. The van der Waals surface area contributed by atoms with Crippen molar-refractivity contribution < 1.29 is 0 Å². The van der Waals surface area contributed by atoms with Crippen LogP contribution in [0.5, 0.6) is 0 Å². The average Bonchev–Trinajstić information content (AvgIpc) is 3.61. The van der Waals surface area contributed by atoms with E-state index in [0.29, 0.717) is 0 Å². The van der Waals surface area contributed by atoms with Crippen LogP contribution in [-0.2, 0) is 0 Å². The Balaban J connectivity index is 1.36. The van der Waals surface area contributed by atoms with Crippen molar-refractivity contribution in [3.63, 3.8) is 0 Å². The molecule has 0 aliphatic carbocycles. The lowest BCUT2D eigenvalue weighted by molar-refractivity contribution is 1.18. The molecule has 0 N–H and O–H groups in total. The molecule has 8 aromatic rings. The van der Waals surface area contributed by atoms with Crippen molar-refractivity contribution in [1.29, 1.82) is 0 Å². The quantitative estimate of drug-likeness (QED) is 0.222. The van der Waals surface area contributed by atoms with E-state index in [4.69, 9.17) is 4.98 Å². The summed E-state index contributed by atoms with van der Waals surface area (Å²) in [5.74, 6) is 0. The Kier molecular flexibility index (Phi) is 5.35. The zero-order chi connectivity index (χ0) is 26.5. The van der Waals surface area contributed by atoms with Crippen LogP contribution in [0.3, 0.4) is 0 Å². The van der Waals surface area contributed by atoms with E-state index >= 15 is 0 Å². The fourth-order valence-electron chi connectivity index (χ4n) is 5.70. The molecule has 0 spiro atoms. The first-order valence-corrected chi connectivity index (χ1v) is 14.3. The van der Waals surface area contributed by atoms with Crippen molar-refractivity contribution in [3.8, 4) is 38.5 Å². The third-order valence-corrected chi connectivity index (χ3v) is 8.71. The smallest absolute Gasteiger partial charge is 0.124 e. The summed E-state index contributed by atoms with van der Waals surface area (Å²) in [5, 5.41) is 3.54. The summed E-state index contributed by atoms with van der Waals surface area (Å²) in [4.78, 5) is 4.93. The van der Waals surface area contributed by atoms with E-state index in [1.165, 1.54) is 48.8 Å². The second-order valence-electron chi connectivity index (χ2n) is 10.1. The fourth-order valence-corrected chi connectivity index (χ4v) is 6.66. The van der Waals surface area contributed by atoms with Gasteiger partial charge in [-0.1, -0.05) is 97.1 Å². The van der Waals surface area contributed by atoms with Crippen LogP contribution < -0.4 is 0 Å². The molecule has 2 nitrogen and oxygen atoms in total. The van der Waals surface area contributed by atoms with Crippen molar-refractivity contribution in [2.45, 2.75) is 0 Å². The number of nitrogens with zero attached hydrogens (tertiary/aromatic N) is 2. The minimum atomic E-state index is 1.04. The molecule has 0 aliphatic rings. The van der Waals surface area contributed by atoms with Gasteiger partial charge in [-0.2, -0.15) is 0 Å². The van der Waals surface area contributed by atoms with E-state index < -0.39 is 0 Å². The summed E-state index contributed by atoms with van der Waals surface area (Å²) in [7, 11) is 0. The third kappa shape index (κ3) is 3.83. The van der Waals surface area contributed by atoms with Crippen LogP contribution in [0.15, 0.2) is 146 Å². The Morgan fingerprint density at radius 2 is 1.02 bits per heavy atom. The molecule has 188 valence electrons. The molecule has 0 unspecified atom stereocenters. The second-order valence-corrected chi connectivity index (χ2v) is 11.1. The minimum Gasteiger partial charge on any atom is -0.309 e. The number of rotatable bonds is 4. The third-order valence-electron chi connectivity index (χ3n) is 7.62. The SMILES string of the molecule is c1ccc(-c2ccc3c(c2)c2cc(-c4ccccc4)ccc2n3-c2cccc(-c3nc4ccccc4s3)c2)cc1. The summed E-state index contributed by atoms with van der Waals surface area (Å²) < 4.78 is 3.60. The molecular formula is C37H24N2S. The Morgan fingerprint density at radius 1 is 0.450 bits per heavy atom. The van der Waals surface area contributed by atoms with Gasteiger partial charge in [0.05, 0.1) is 21.3 Å². The molecule has 0 amide bonds. The highest BCUT2D eigenvalue weighted by Gasteiger charge is 2.16. The Bertz CT molecular complexity index is 2020. The van der Waals surface area contributed by atoms with Gasteiger partial charge < -0.3 is 4.57 Å².